The van der Waals surface area contributed by atoms with Crippen LogP contribution in [0.3, 0.4) is 0 Å². The van der Waals surface area contributed by atoms with Crippen molar-refractivity contribution in [3.63, 3.8) is 0 Å². The van der Waals surface area contributed by atoms with E-state index in [1.165, 1.54) is 27.4 Å². The van der Waals surface area contributed by atoms with Gasteiger partial charge in [-0.05, 0) is 36.2 Å². The molecule has 1 aromatic heterocycles. The Hall–Kier alpha value is -3.05. The molecule has 3 aromatic carbocycles. The lowest BCUT2D eigenvalue weighted by Gasteiger charge is -2.08. The molecule has 2 nitrogen and oxygen atoms in total. The summed E-state index contributed by atoms with van der Waals surface area (Å²) in [7, 11) is 0. The number of nitrogens with zero attached hydrogens (tertiary/aromatic N) is 2. The molecule has 4 rings (SSSR count). The average Bonchev–Trinajstić information content (AvgIpc) is 2.94. The fourth-order valence-corrected chi connectivity index (χ4v) is 3.23. The van der Waals surface area contributed by atoms with Crippen molar-refractivity contribution in [1.82, 2.24) is 4.57 Å². The van der Waals surface area contributed by atoms with Crippen LogP contribution in [0.25, 0.3) is 21.8 Å². The molecule has 23 heavy (non-hydrogen) atoms. The van der Waals surface area contributed by atoms with Crippen LogP contribution in [-0.2, 0) is 13.0 Å². The normalized spacial score (nSPS) is 10.9. The molecule has 0 aliphatic rings. The minimum Gasteiger partial charge on any atom is -0.340 e. The first kappa shape index (κ1) is 13.6. The highest BCUT2D eigenvalue weighted by molar-refractivity contribution is 6.07. The van der Waals surface area contributed by atoms with E-state index >= 15 is 0 Å². The Labute approximate surface area is 135 Å². The second-order valence-electron chi connectivity index (χ2n) is 5.74. The summed E-state index contributed by atoms with van der Waals surface area (Å²) in [5.74, 6) is 0. The monoisotopic (exact) mass is 296 g/mol. The van der Waals surface area contributed by atoms with Gasteiger partial charge in [-0.25, -0.2) is 0 Å². The largest absolute Gasteiger partial charge is 0.340 e. The molecule has 0 spiro atoms. The SMILES string of the molecule is N#Cc1ccc(CCn2c3ccccc3c3ccccc32)cc1. The molecular weight excluding hydrogens is 280 g/mol. The van der Waals surface area contributed by atoms with E-state index in [4.69, 9.17) is 5.26 Å². The van der Waals surface area contributed by atoms with E-state index in [1.807, 2.05) is 24.3 Å². The van der Waals surface area contributed by atoms with Gasteiger partial charge in [-0.3, -0.25) is 0 Å². The lowest BCUT2D eigenvalue weighted by Crippen LogP contribution is -2.01. The van der Waals surface area contributed by atoms with E-state index < -0.39 is 0 Å². The van der Waals surface area contributed by atoms with E-state index in [2.05, 4.69) is 59.2 Å². The van der Waals surface area contributed by atoms with Crippen LogP contribution in [0.2, 0.25) is 0 Å². The first-order valence-electron chi connectivity index (χ1n) is 7.82. The van der Waals surface area contributed by atoms with Crippen molar-refractivity contribution in [3.8, 4) is 6.07 Å². The smallest absolute Gasteiger partial charge is 0.0991 e. The molecule has 0 bridgehead atoms. The third-order valence-electron chi connectivity index (χ3n) is 4.39. The van der Waals surface area contributed by atoms with Gasteiger partial charge in [0.25, 0.3) is 0 Å². The summed E-state index contributed by atoms with van der Waals surface area (Å²) in [6, 6.07) is 27.2. The van der Waals surface area contributed by atoms with Crippen LogP contribution in [0.5, 0.6) is 0 Å². The molecule has 0 atom stereocenters. The van der Waals surface area contributed by atoms with Crippen molar-refractivity contribution in [2.24, 2.45) is 0 Å². The van der Waals surface area contributed by atoms with Crippen molar-refractivity contribution >= 4 is 21.8 Å². The molecule has 0 saturated carbocycles. The number of fused-ring (bicyclic) bond motifs is 3. The molecule has 0 N–H and O–H groups in total. The average molecular weight is 296 g/mol. The number of aromatic nitrogens is 1. The van der Waals surface area contributed by atoms with Gasteiger partial charge in [-0.2, -0.15) is 5.26 Å². The summed E-state index contributed by atoms with van der Waals surface area (Å²) >= 11 is 0. The van der Waals surface area contributed by atoms with Crippen LogP contribution in [0.4, 0.5) is 0 Å². The number of nitriles is 1. The van der Waals surface area contributed by atoms with Crippen molar-refractivity contribution in [2.45, 2.75) is 13.0 Å². The van der Waals surface area contributed by atoms with Crippen LogP contribution in [-0.4, -0.2) is 4.57 Å². The molecule has 0 unspecified atom stereocenters. The lowest BCUT2D eigenvalue weighted by molar-refractivity contribution is 0.745. The summed E-state index contributed by atoms with van der Waals surface area (Å²) < 4.78 is 2.39. The van der Waals surface area contributed by atoms with Gasteiger partial charge in [0, 0.05) is 28.4 Å². The highest BCUT2D eigenvalue weighted by Gasteiger charge is 2.09. The zero-order valence-corrected chi connectivity index (χ0v) is 12.7. The summed E-state index contributed by atoms with van der Waals surface area (Å²) in [4.78, 5) is 0. The predicted octanol–water partition coefficient (Wildman–Crippen LogP) is 4.91. The van der Waals surface area contributed by atoms with Crippen molar-refractivity contribution < 1.29 is 0 Å². The molecule has 0 saturated heterocycles. The number of rotatable bonds is 3. The molecule has 0 aliphatic heterocycles. The first-order chi connectivity index (χ1) is 11.4. The van der Waals surface area contributed by atoms with Crippen molar-refractivity contribution in [1.29, 1.82) is 5.26 Å². The third kappa shape index (κ3) is 2.37. The van der Waals surface area contributed by atoms with Gasteiger partial charge < -0.3 is 4.57 Å². The maximum Gasteiger partial charge on any atom is 0.0991 e. The zero-order chi connectivity index (χ0) is 15.6. The number of aryl methyl sites for hydroxylation is 2. The number of para-hydroxylation sites is 2. The van der Waals surface area contributed by atoms with Crippen LogP contribution in [0.15, 0.2) is 72.8 Å². The van der Waals surface area contributed by atoms with E-state index in [0.29, 0.717) is 5.56 Å². The molecular formula is C21H16N2. The fourth-order valence-electron chi connectivity index (χ4n) is 3.23. The van der Waals surface area contributed by atoms with Crippen LogP contribution in [0, 0.1) is 11.3 Å². The summed E-state index contributed by atoms with van der Waals surface area (Å²) in [5, 5.41) is 11.5. The van der Waals surface area contributed by atoms with Gasteiger partial charge in [0.15, 0.2) is 0 Å². The van der Waals surface area contributed by atoms with E-state index in [9.17, 15) is 0 Å². The molecule has 4 aromatic rings. The molecule has 0 radical (unpaired) electrons. The maximum absolute atomic E-state index is 8.89. The minimum absolute atomic E-state index is 0.714. The fraction of sp³-hybridized carbons (Fsp3) is 0.0952. The summed E-state index contributed by atoms with van der Waals surface area (Å²) in [6.45, 7) is 0.930. The Kier molecular flexibility index (Phi) is 3.33. The van der Waals surface area contributed by atoms with E-state index in [0.717, 1.165) is 13.0 Å². The van der Waals surface area contributed by atoms with Crippen LogP contribution in [0.1, 0.15) is 11.1 Å². The summed E-state index contributed by atoms with van der Waals surface area (Å²) in [5.41, 5.74) is 4.53. The Bertz CT molecular complexity index is 964. The molecule has 0 amide bonds. The molecule has 1 heterocycles. The highest BCUT2D eigenvalue weighted by Crippen LogP contribution is 2.28. The quantitative estimate of drug-likeness (QED) is 0.528. The summed E-state index contributed by atoms with van der Waals surface area (Å²) in [6.07, 6.45) is 0.953. The molecule has 110 valence electrons. The zero-order valence-electron chi connectivity index (χ0n) is 12.7. The number of benzene rings is 3. The van der Waals surface area contributed by atoms with Gasteiger partial charge in [0.1, 0.15) is 0 Å². The van der Waals surface area contributed by atoms with Crippen LogP contribution < -0.4 is 0 Å². The lowest BCUT2D eigenvalue weighted by atomic mass is 10.1. The van der Waals surface area contributed by atoms with Gasteiger partial charge in [-0.1, -0.05) is 48.5 Å². The second-order valence-corrected chi connectivity index (χ2v) is 5.74. The minimum atomic E-state index is 0.714. The van der Waals surface area contributed by atoms with E-state index in [-0.39, 0.29) is 0 Å². The van der Waals surface area contributed by atoms with E-state index in [1.54, 1.807) is 0 Å². The van der Waals surface area contributed by atoms with Crippen LogP contribution >= 0.6 is 0 Å². The van der Waals surface area contributed by atoms with Gasteiger partial charge >= 0.3 is 0 Å². The van der Waals surface area contributed by atoms with Crippen molar-refractivity contribution in [3.05, 3.63) is 83.9 Å². The first-order valence-corrected chi connectivity index (χ1v) is 7.82. The molecule has 2 heteroatoms. The Balaban J connectivity index is 1.74. The highest BCUT2D eigenvalue weighted by atomic mass is 15.0. The van der Waals surface area contributed by atoms with Crippen molar-refractivity contribution in [2.75, 3.05) is 0 Å². The van der Waals surface area contributed by atoms with Gasteiger partial charge in [-0.15, -0.1) is 0 Å². The number of hydrogen-bond donors (Lipinski definition) is 0. The molecule has 0 fully saturated rings. The maximum atomic E-state index is 8.89. The predicted molar refractivity (Wildman–Crippen MR) is 94.3 cm³/mol. The topological polar surface area (TPSA) is 28.7 Å². The third-order valence-corrected chi connectivity index (χ3v) is 4.39. The number of hydrogen-bond acceptors (Lipinski definition) is 1. The molecule has 0 aliphatic carbocycles. The van der Waals surface area contributed by atoms with Gasteiger partial charge in [0.2, 0.25) is 0 Å². The Morgan fingerprint density at radius 3 is 1.87 bits per heavy atom. The van der Waals surface area contributed by atoms with Gasteiger partial charge in [0.05, 0.1) is 11.6 Å². The standard InChI is InChI=1S/C21H16N2/c22-15-17-11-9-16(10-12-17)13-14-23-20-7-3-1-5-18(20)19-6-2-4-8-21(19)23/h1-12H,13-14H2. The Morgan fingerprint density at radius 2 is 1.30 bits per heavy atom. The second kappa shape index (κ2) is 5.62. The Morgan fingerprint density at radius 1 is 0.739 bits per heavy atom.